The maximum atomic E-state index is 14.4. The summed E-state index contributed by atoms with van der Waals surface area (Å²) in [5.74, 6) is -0.593. The van der Waals surface area contributed by atoms with Crippen molar-refractivity contribution in [1.82, 2.24) is 0 Å². The van der Waals surface area contributed by atoms with Crippen molar-refractivity contribution in [2.75, 3.05) is 11.9 Å². The third-order valence-corrected chi connectivity index (χ3v) is 3.97. The summed E-state index contributed by atoms with van der Waals surface area (Å²) in [5.41, 5.74) is 8.18. The van der Waals surface area contributed by atoms with E-state index in [1.165, 1.54) is 0 Å². The molecule has 2 aromatic carbocycles. The molecule has 0 spiro atoms. The zero-order chi connectivity index (χ0) is 14.9. The molecule has 0 amide bonds. The predicted molar refractivity (Wildman–Crippen MR) is 84.4 cm³/mol. The Morgan fingerprint density at radius 1 is 1.20 bits per heavy atom. The second-order valence-electron chi connectivity index (χ2n) is 4.52. The second-order valence-corrected chi connectivity index (χ2v) is 5.31. The molecule has 0 aliphatic heterocycles. The largest absolute Gasteiger partial charge is 0.384 e. The normalized spacial score (nSPS) is 10.4. The monoisotopic (exact) mass is 335 g/mol. The quantitative estimate of drug-likeness (QED) is 0.659. The lowest BCUT2D eigenvalue weighted by molar-refractivity contribution is 0.620. The van der Waals surface area contributed by atoms with E-state index < -0.39 is 5.82 Å². The van der Waals surface area contributed by atoms with Crippen LogP contribution in [0.25, 0.3) is 0 Å². The minimum Gasteiger partial charge on any atom is -0.384 e. The number of anilines is 2. The van der Waals surface area contributed by atoms with E-state index in [0.29, 0.717) is 11.3 Å². The van der Waals surface area contributed by atoms with Crippen LogP contribution in [0.5, 0.6) is 0 Å². The maximum absolute atomic E-state index is 14.4. The summed E-state index contributed by atoms with van der Waals surface area (Å²) in [7, 11) is 1.81. The number of para-hydroxylation sites is 1. The first kappa shape index (κ1) is 14.5. The molecule has 0 aromatic heterocycles. The number of amidine groups is 1. The van der Waals surface area contributed by atoms with Crippen molar-refractivity contribution in [3.05, 3.63) is 57.8 Å². The van der Waals surface area contributed by atoms with E-state index in [9.17, 15) is 4.39 Å². The highest BCUT2D eigenvalue weighted by Crippen LogP contribution is 2.33. The fourth-order valence-corrected chi connectivity index (χ4v) is 2.62. The van der Waals surface area contributed by atoms with E-state index in [1.54, 1.807) is 24.1 Å². The van der Waals surface area contributed by atoms with Gasteiger partial charge in [-0.1, -0.05) is 18.2 Å². The average Bonchev–Trinajstić information content (AvgIpc) is 2.41. The first-order chi connectivity index (χ1) is 9.43. The minimum atomic E-state index is -0.427. The average molecular weight is 336 g/mol. The van der Waals surface area contributed by atoms with Crippen LogP contribution in [-0.4, -0.2) is 12.9 Å². The number of nitrogens with two attached hydrogens (primary N) is 1. The fraction of sp³-hybridized carbons (Fsp3) is 0.133. The number of aryl methyl sites for hydroxylation is 1. The summed E-state index contributed by atoms with van der Waals surface area (Å²) in [5, 5.41) is 7.42. The summed E-state index contributed by atoms with van der Waals surface area (Å²) >= 11 is 3.17. The van der Waals surface area contributed by atoms with Crippen LogP contribution in [0.1, 0.15) is 11.1 Å². The van der Waals surface area contributed by atoms with Gasteiger partial charge in [0.2, 0.25) is 0 Å². The van der Waals surface area contributed by atoms with Crippen LogP contribution in [0.3, 0.4) is 0 Å². The highest BCUT2D eigenvalue weighted by atomic mass is 79.9. The lowest BCUT2D eigenvalue weighted by atomic mass is 10.1. The van der Waals surface area contributed by atoms with Gasteiger partial charge in [-0.05, 0) is 46.6 Å². The third kappa shape index (κ3) is 2.54. The molecular weight excluding hydrogens is 321 g/mol. The van der Waals surface area contributed by atoms with Gasteiger partial charge in [0.15, 0.2) is 5.82 Å². The van der Waals surface area contributed by atoms with Gasteiger partial charge in [0, 0.05) is 18.3 Å². The highest BCUT2D eigenvalue weighted by Gasteiger charge is 2.17. The van der Waals surface area contributed by atoms with Crippen molar-refractivity contribution in [3.63, 3.8) is 0 Å². The number of hydrogen-bond acceptors (Lipinski definition) is 2. The standard InChI is InChI=1S/C15H15BrFN3/c1-9-5-3-4-6-11(9)20(2)12-8-7-10(15(18)19)13(16)14(12)17/h3-8H,1-2H3,(H3,18,19). The van der Waals surface area contributed by atoms with Gasteiger partial charge in [0.25, 0.3) is 0 Å². The van der Waals surface area contributed by atoms with Gasteiger partial charge in [-0.15, -0.1) is 0 Å². The number of nitrogen functional groups attached to an aromatic ring is 1. The van der Waals surface area contributed by atoms with Gasteiger partial charge < -0.3 is 10.6 Å². The van der Waals surface area contributed by atoms with Gasteiger partial charge in [-0.3, -0.25) is 5.41 Å². The first-order valence-electron chi connectivity index (χ1n) is 6.05. The van der Waals surface area contributed by atoms with Crippen LogP contribution in [0.2, 0.25) is 0 Å². The molecule has 3 nitrogen and oxygen atoms in total. The molecule has 2 rings (SSSR count). The van der Waals surface area contributed by atoms with Crippen molar-refractivity contribution >= 4 is 33.1 Å². The molecule has 20 heavy (non-hydrogen) atoms. The van der Waals surface area contributed by atoms with Crippen molar-refractivity contribution in [2.45, 2.75) is 6.92 Å². The number of hydrogen-bond donors (Lipinski definition) is 2. The van der Waals surface area contributed by atoms with Gasteiger partial charge in [0.1, 0.15) is 5.84 Å². The molecule has 0 aliphatic rings. The zero-order valence-electron chi connectivity index (χ0n) is 11.2. The molecule has 104 valence electrons. The maximum Gasteiger partial charge on any atom is 0.161 e. The molecule has 2 aromatic rings. The Kier molecular flexibility index (Phi) is 4.09. The van der Waals surface area contributed by atoms with E-state index in [-0.39, 0.29) is 10.3 Å². The topological polar surface area (TPSA) is 53.1 Å². The predicted octanol–water partition coefficient (Wildman–Crippen LogP) is 3.95. The lowest BCUT2D eigenvalue weighted by Gasteiger charge is -2.23. The van der Waals surface area contributed by atoms with Crippen molar-refractivity contribution in [1.29, 1.82) is 5.41 Å². The SMILES string of the molecule is Cc1ccccc1N(C)c1ccc(C(=N)N)c(Br)c1F. The summed E-state index contributed by atoms with van der Waals surface area (Å²) in [6, 6.07) is 11.0. The third-order valence-electron chi connectivity index (χ3n) is 3.19. The van der Waals surface area contributed by atoms with Gasteiger partial charge in [-0.2, -0.15) is 0 Å². The van der Waals surface area contributed by atoms with Crippen LogP contribution in [-0.2, 0) is 0 Å². The number of rotatable bonds is 3. The van der Waals surface area contributed by atoms with Gasteiger partial charge in [-0.25, -0.2) is 4.39 Å². The second kappa shape index (κ2) is 5.63. The molecule has 0 saturated carbocycles. The van der Waals surface area contributed by atoms with E-state index >= 15 is 0 Å². The number of nitrogens with zero attached hydrogens (tertiary/aromatic N) is 1. The molecule has 5 heteroatoms. The molecule has 0 saturated heterocycles. The molecule has 3 N–H and O–H groups in total. The molecule has 0 fully saturated rings. The minimum absolute atomic E-state index is 0.166. The van der Waals surface area contributed by atoms with Crippen molar-refractivity contribution < 1.29 is 4.39 Å². The lowest BCUT2D eigenvalue weighted by Crippen LogP contribution is -2.16. The van der Waals surface area contributed by atoms with Gasteiger partial charge in [0.05, 0.1) is 10.2 Å². The molecular formula is C15H15BrFN3. The van der Waals surface area contributed by atoms with Crippen molar-refractivity contribution in [3.8, 4) is 0 Å². The fourth-order valence-electron chi connectivity index (χ4n) is 2.08. The first-order valence-corrected chi connectivity index (χ1v) is 6.84. The molecule has 0 aliphatic carbocycles. The van der Waals surface area contributed by atoms with Crippen LogP contribution in [0, 0.1) is 18.2 Å². The smallest absolute Gasteiger partial charge is 0.161 e. The van der Waals surface area contributed by atoms with E-state index in [2.05, 4.69) is 15.9 Å². The Hall–Kier alpha value is -1.88. The summed E-state index contributed by atoms with van der Waals surface area (Å²) in [4.78, 5) is 1.78. The molecule has 0 heterocycles. The van der Waals surface area contributed by atoms with E-state index in [1.807, 2.05) is 31.2 Å². The van der Waals surface area contributed by atoms with Crippen LogP contribution in [0.15, 0.2) is 40.9 Å². The van der Waals surface area contributed by atoms with Crippen LogP contribution in [0.4, 0.5) is 15.8 Å². The van der Waals surface area contributed by atoms with Crippen molar-refractivity contribution in [2.24, 2.45) is 5.73 Å². The Morgan fingerprint density at radius 3 is 2.45 bits per heavy atom. The van der Waals surface area contributed by atoms with Crippen LogP contribution < -0.4 is 10.6 Å². The molecule has 0 atom stereocenters. The van der Waals surface area contributed by atoms with E-state index in [0.717, 1.165) is 11.3 Å². The van der Waals surface area contributed by atoms with Crippen LogP contribution >= 0.6 is 15.9 Å². The van der Waals surface area contributed by atoms with Gasteiger partial charge >= 0.3 is 0 Å². The zero-order valence-corrected chi connectivity index (χ0v) is 12.8. The number of nitrogens with one attached hydrogen (secondary N) is 1. The molecule has 0 unspecified atom stereocenters. The Balaban J connectivity index is 2.52. The summed E-state index contributed by atoms with van der Waals surface area (Å²) in [6.07, 6.45) is 0. The number of halogens is 2. The Bertz CT molecular complexity index is 670. The summed E-state index contributed by atoms with van der Waals surface area (Å²) in [6.45, 7) is 1.97. The van der Waals surface area contributed by atoms with E-state index in [4.69, 9.17) is 11.1 Å². The Labute approximate surface area is 125 Å². The Morgan fingerprint density at radius 2 is 1.85 bits per heavy atom. The molecule has 0 bridgehead atoms. The molecule has 0 radical (unpaired) electrons. The number of benzene rings is 2. The summed E-state index contributed by atoms with van der Waals surface area (Å²) < 4.78 is 14.7. The highest BCUT2D eigenvalue weighted by molar-refractivity contribution is 9.10.